The van der Waals surface area contributed by atoms with Gasteiger partial charge in [-0.2, -0.15) is 4.99 Å². The van der Waals surface area contributed by atoms with Gasteiger partial charge >= 0.3 is 0 Å². The second kappa shape index (κ2) is 7.27. The van der Waals surface area contributed by atoms with Gasteiger partial charge in [-0.3, -0.25) is 4.79 Å². The Morgan fingerprint density at radius 1 is 1.19 bits per heavy atom. The maximum atomic E-state index is 12.7. The highest BCUT2D eigenvalue weighted by Gasteiger charge is 2.25. The van der Waals surface area contributed by atoms with E-state index in [1.165, 1.54) is 6.34 Å². The summed E-state index contributed by atoms with van der Waals surface area (Å²) in [7, 11) is 3.67. The van der Waals surface area contributed by atoms with Gasteiger partial charge in [0, 0.05) is 29.7 Å². The van der Waals surface area contributed by atoms with Crippen LogP contribution in [0.3, 0.4) is 0 Å². The largest absolute Gasteiger partial charge is 0.369 e. The fourth-order valence-electron chi connectivity index (χ4n) is 3.02. The first-order valence-corrected chi connectivity index (χ1v) is 9.50. The van der Waals surface area contributed by atoms with Crippen LogP contribution in [0.2, 0.25) is 0 Å². The number of halogens is 1. The van der Waals surface area contributed by atoms with Gasteiger partial charge < -0.3 is 9.47 Å². The van der Waals surface area contributed by atoms with Crippen molar-refractivity contribution in [3.8, 4) is 11.4 Å². The third-order valence-electron chi connectivity index (χ3n) is 4.09. The standard InChI is InChI=1S/C21H23BrN4O/c1-21(2,3)26-18-11-10-14(22)12-17(18)24-19(26)15-8-6-7-9-16(15)20(27)23-13-25(4)5/h6-13H,1-5H3/b23-13+. The second-order valence-electron chi connectivity index (χ2n) is 7.63. The number of hydrogen-bond acceptors (Lipinski definition) is 2. The number of fused-ring (bicyclic) bond motifs is 1. The number of amides is 1. The molecule has 1 amide bonds. The van der Waals surface area contributed by atoms with E-state index in [9.17, 15) is 4.79 Å². The van der Waals surface area contributed by atoms with Crippen molar-refractivity contribution in [1.29, 1.82) is 0 Å². The van der Waals surface area contributed by atoms with Crippen molar-refractivity contribution in [3.05, 3.63) is 52.5 Å². The lowest BCUT2D eigenvalue weighted by molar-refractivity contribution is 0.100. The molecule has 0 aliphatic rings. The molecule has 1 aromatic heterocycles. The van der Waals surface area contributed by atoms with E-state index < -0.39 is 0 Å². The predicted molar refractivity (Wildman–Crippen MR) is 114 cm³/mol. The summed E-state index contributed by atoms with van der Waals surface area (Å²) in [6, 6.07) is 13.6. The molecule has 0 saturated carbocycles. The van der Waals surface area contributed by atoms with Crippen LogP contribution in [0.5, 0.6) is 0 Å². The molecule has 5 nitrogen and oxygen atoms in total. The molecule has 0 atom stereocenters. The summed E-state index contributed by atoms with van der Waals surface area (Å²) in [6.45, 7) is 6.40. The number of hydrogen-bond donors (Lipinski definition) is 0. The minimum atomic E-state index is -0.284. The summed E-state index contributed by atoms with van der Waals surface area (Å²) in [6.07, 6.45) is 1.52. The van der Waals surface area contributed by atoms with E-state index in [2.05, 4.69) is 52.3 Å². The lowest BCUT2D eigenvalue weighted by Crippen LogP contribution is -2.23. The van der Waals surface area contributed by atoms with Crippen molar-refractivity contribution in [2.75, 3.05) is 14.1 Å². The molecule has 0 N–H and O–H groups in total. The molecular weight excluding hydrogens is 404 g/mol. The zero-order valence-electron chi connectivity index (χ0n) is 16.2. The highest BCUT2D eigenvalue weighted by atomic mass is 79.9. The summed E-state index contributed by atoms with van der Waals surface area (Å²) in [5, 5.41) is 0. The Balaban J connectivity index is 2.26. The number of rotatable bonds is 3. The van der Waals surface area contributed by atoms with Crippen molar-refractivity contribution in [3.63, 3.8) is 0 Å². The maximum Gasteiger partial charge on any atom is 0.279 e. The number of imidazole rings is 1. The van der Waals surface area contributed by atoms with E-state index in [0.717, 1.165) is 26.9 Å². The van der Waals surface area contributed by atoms with Gasteiger partial charge in [-0.1, -0.05) is 34.1 Å². The van der Waals surface area contributed by atoms with Crippen LogP contribution in [0.15, 0.2) is 51.9 Å². The summed E-state index contributed by atoms with van der Waals surface area (Å²) >= 11 is 3.52. The van der Waals surface area contributed by atoms with Crippen molar-refractivity contribution in [2.24, 2.45) is 4.99 Å². The molecule has 27 heavy (non-hydrogen) atoms. The van der Waals surface area contributed by atoms with Crippen LogP contribution in [0, 0.1) is 0 Å². The van der Waals surface area contributed by atoms with Crippen LogP contribution in [-0.2, 0) is 5.54 Å². The molecule has 3 rings (SSSR count). The van der Waals surface area contributed by atoms with Crippen LogP contribution >= 0.6 is 15.9 Å². The van der Waals surface area contributed by atoms with E-state index in [1.807, 2.05) is 44.4 Å². The zero-order chi connectivity index (χ0) is 19.8. The normalized spacial score (nSPS) is 12.1. The Bertz CT molecular complexity index is 1030. The molecule has 0 saturated heterocycles. The Morgan fingerprint density at radius 3 is 2.56 bits per heavy atom. The zero-order valence-corrected chi connectivity index (χ0v) is 17.8. The smallest absolute Gasteiger partial charge is 0.279 e. The van der Waals surface area contributed by atoms with E-state index in [-0.39, 0.29) is 11.4 Å². The van der Waals surface area contributed by atoms with Crippen LogP contribution in [-0.4, -0.2) is 40.8 Å². The van der Waals surface area contributed by atoms with E-state index in [1.54, 1.807) is 11.0 Å². The Morgan fingerprint density at radius 2 is 1.89 bits per heavy atom. The van der Waals surface area contributed by atoms with E-state index >= 15 is 0 Å². The molecule has 0 aliphatic heterocycles. The van der Waals surface area contributed by atoms with E-state index in [0.29, 0.717) is 5.56 Å². The quantitative estimate of drug-likeness (QED) is 0.439. The topological polar surface area (TPSA) is 50.5 Å². The first-order valence-electron chi connectivity index (χ1n) is 8.71. The number of aromatic nitrogens is 2. The van der Waals surface area contributed by atoms with Gasteiger partial charge in [-0.05, 0) is 45.0 Å². The third kappa shape index (κ3) is 3.95. The molecule has 0 aliphatic carbocycles. The number of nitrogens with zero attached hydrogens (tertiary/aromatic N) is 4. The van der Waals surface area contributed by atoms with Gasteiger partial charge in [-0.15, -0.1) is 0 Å². The maximum absolute atomic E-state index is 12.7. The fourth-order valence-corrected chi connectivity index (χ4v) is 3.36. The summed E-state index contributed by atoms with van der Waals surface area (Å²) in [4.78, 5) is 23.4. The Labute approximate surface area is 167 Å². The number of carbonyl (C=O) groups is 1. The van der Waals surface area contributed by atoms with Crippen LogP contribution in [0.1, 0.15) is 31.1 Å². The third-order valence-corrected chi connectivity index (χ3v) is 4.58. The SMILES string of the molecule is CN(C)/C=N/C(=O)c1ccccc1-c1nc2cc(Br)ccc2n1C(C)(C)C. The average molecular weight is 427 g/mol. The number of aliphatic imine (C=N–C) groups is 1. The molecule has 0 unspecified atom stereocenters. The van der Waals surface area contributed by atoms with Crippen LogP contribution in [0.25, 0.3) is 22.4 Å². The van der Waals surface area contributed by atoms with Crippen molar-refractivity contribution in [1.82, 2.24) is 14.5 Å². The molecular formula is C21H23BrN4O. The van der Waals surface area contributed by atoms with Crippen molar-refractivity contribution >= 4 is 39.2 Å². The van der Waals surface area contributed by atoms with Crippen LogP contribution in [0.4, 0.5) is 0 Å². The Hall–Kier alpha value is -2.47. The summed E-state index contributed by atoms with van der Waals surface area (Å²) in [5.41, 5.74) is 3.02. The lowest BCUT2D eigenvalue weighted by Gasteiger charge is -2.25. The highest BCUT2D eigenvalue weighted by Crippen LogP contribution is 2.34. The van der Waals surface area contributed by atoms with Gasteiger partial charge in [0.2, 0.25) is 0 Å². The summed E-state index contributed by atoms with van der Waals surface area (Å²) in [5.74, 6) is 0.479. The number of benzene rings is 2. The van der Waals surface area contributed by atoms with Crippen molar-refractivity contribution < 1.29 is 4.79 Å². The van der Waals surface area contributed by atoms with Crippen LogP contribution < -0.4 is 0 Å². The fraction of sp³-hybridized carbons (Fsp3) is 0.286. The van der Waals surface area contributed by atoms with Gasteiger partial charge in [0.05, 0.1) is 22.9 Å². The Kier molecular flexibility index (Phi) is 5.20. The molecule has 0 bridgehead atoms. The predicted octanol–water partition coefficient (Wildman–Crippen LogP) is 4.95. The molecule has 6 heteroatoms. The molecule has 140 valence electrons. The van der Waals surface area contributed by atoms with Gasteiger partial charge in [-0.25, -0.2) is 4.98 Å². The molecule has 1 heterocycles. The van der Waals surface area contributed by atoms with E-state index in [4.69, 9.17) is 4.98 Å². The number of carbonyl (C=O) groups excluding carboxylic acids is 1. The average Bonchev–Trinajstić information content (AvgIpc) is 2.98. The molecule has 0 spiro atoms. The summed E-state index contributed by atoms with van der Waals surface area (Å²) < 4.78 is 3.15. The van der Waals surface area contributed by atoms with Gasteiger partial charge in [0.15, 0.2) is 0 Å². The second-order valence-corrected chi connectivity index (χ2v) is 8.55. The minimum absolute atomic E-state index is 0.207. The van der Waals surface area contributed by atoms with Gasteiger partial charge in [0.25, 0.3) is 5.91 Å². The lowest BCUT2D eigenvalue weighted by atomic mass is 10.0. The van der Waals surface area contributed by atoms with Crippen molar-refractivity contribution in [2.45, 2.75) is 26.3 Å². The molecule has 2 aromatic carbocycles. The molecule has 0 fully saturated rings. The monoisotopic (exact) mass is 426 g/mol. The molecule has 3 aromatic rings. The van der Waals surface area contributed by atoms with Gasteiger partial charge in [0.1, 0.15) is 5.82 Å². The minimum Gasteiger partial charge on any atom is -0.369 e. The first kappa shape index (κ1) is 19.3. The first-order chi connectivity index (χ1) is 12.7. The molecule has 0 radical (unpaired) electrons. The highest BCUT2D eigenvalue weighted by molar-refractivity contribution is 9.10.